The highest BCUT2D eigenvalue weighted by Crippen LogP contribution is 2.25. The molecule has 0 aliphatic heterocycles. The van der Waals surface area contributed by atoms with E-state index in [1.807, 2.05) is 31.2 Å². The number of aryl methyl sites for hydroxylation is 1. The molecule has 2 aromatic heterocycles. The van der Waals surface area contributed by atoms with Crippen LogP contribution in [0.2, 0.25) is 0 Å². The van der Waals surface area contributed by atoms with E-state index in [9.17, 15) is 14.4 Å². The van der Waals surface area contributed by atoms with E-state index in [1.54, 1.807) is 0 Å². The molecular formula is C18H19N5O5S. The number of aromatic nitrogens is 4. The summed E-state index contributed by atoms with van der Waals surface area (Å²) in [7, 11) is 1.46. The summed E-state index contributed by atoms with van der Waals surface area (Å²) >= 11 is 0.980. The summed E-state index contributed by atoms with van der Waals surface area (Å²) in [5.74, 6) is -0.586. The van der Waals surface area contributed by atoms with Gasteiger partial charge in [-0.05, 0) is 18.6 Å². The number of Topliss-reactive ketones (excluding diaryl/α,β-unsaturated/α-hetero) is 1. The van der Waals surface area contributed by atoms with E-state index in [4.69, 9.17) is 14.9 Å². The van der Waals surface area contributed by atoms with Gasteiger partial charge in [0, 0.05) is 12.7 Å². The van der Waals surface area contributed by atoms with Crippen molar-refractivity contribution in [2.75, 3.05) is 25.2 Å². The molecule has 0 saturated carbocycles. The van der Waals surface area contributed by atoms with E-state index in [1.165, 1.54) is 7.11 Å². The van der Waals surface area contributed by atoms with E-state index in [-0.39, 0.29) is 35.5 Å². The number of benzene rings is 1. The smallest absolute Gasteiger partial charge is 0.330 e. The molecule has 29 heavy (non-hydrogen) atoms. The second kappa shape index (κ2) is 8.88. The third-order valence-electron chi connectivity index (χ3n) is 4.15. The first-order valence-corrected chi connectivity index (χ1v) is 9.58. The Morgan fingerprint density at radius 2 is 2.07 bits per heavy atom. The number of rotatable bonds is 8. The molecule has 11 heteroatoms. The lowest BCUT2D eigenvalue weighted by atomic mass is 10.1. The number of nitrogen functional groups attached to an aromatic ring is 1. The number of nitrogens with zero attached hydrogens (tertiary/aromatic N) is 3. The summed E-state index contributed by atoms with van der Waals surface area (Å²) in [6.45, 7) is 2.22. The van der Waals surface area contributed by atoms with Crippen LogP contribution in [0.4, 0.5) is 5.82 Å². The highest BCUT2D eigenvalue weighted by atomic mass is 32.2. The maximum Gasteiger partial charge on any atom is 0.330 e. The lowest BCUT2D eigenvalue weighted by Crippen LogP contribution is -2.37. The van der Waals surface area contributed by atoms with E-state index >= 15 is 0 Å². The van der Waals surface area contributed by atoms with Crippen LogP contribution in [0.5, 0.6) is 0 Å². The number of H-pyrrole nitrogens is 1. The fourth-order valence-electron chi connectivity index (χ4n) is 2.65. The average molecular weight is 417 g/mol. The molecule has 0 fully saturated rings. The van der Waals surface area contributed by atoms with E-state index in [0.29, 0.717) is 5.89 Å². The van der Waals surface area contributed by atoms with Gasteiger partial charge in [0.1, 0.15) is 11.4 Å². The van der Waals surface area contributed by atoms with Crippen LogP contribution >= 0.6 is 11.8 Å². The quantitative estimate of drug-likeness (QED) is 0.406. The lowest BCUT2D eigenvalue weighted by molar-refractivity contribution is 0.102. The second-order valence-corrected chi connectivity index (χ2v) is 6.99. The van der Waals surface area contributed by atoms with Crippen molar-refractivity contribution < 1.29 is 13.9 Å². The molecule has 0 aliphatic rings. The number of anilines is 1. The monoisotopic (exact) mass is 417 g/mol. The Labute approximate surface area is 169 Å². The predicted octanol–water partition coefficient (Wildman–Crippen LogP) is 1.10. The minimum absolute atomic E-state index is 0.106. The van der Waals surface area contributed by atoms with Gasteiger partial charge in [0.25, 0.3) is 10.8 Å². The van der Waals surface area contributed by atoms with E-state index in [0.717, 1.165) is 27.5 Å². The number of nitrogens with two attached hydrogens (primary N) is 1. The molecule has 152 valence electrons. The molecule has 10 nitrogen and oxygen atoms in total. The van der Waals surface area contributed by atoms with E-state index < -0.39 is 17.0 Å². The number of nitrogens with one attached hydrogen (secondary N) is 1. The Morgan fingerprint density at radius 1 is 1.31 bits per heavy atom. The van der Waals surface area contributed by atoms with Gasteiger partial charge in [0.05, 0.1) is 18.9 Å². The number of ether oxygens (including phenoxy) is 1. The molecule has 3 aromatic rings. The average Bonchev–Trinajstić information content (AvgIpc) is 3.15. The first-order valence-electron chi connectivity index (χ1n) is 8.59. The van der Waals surface area contributed by atoms with Crippen LogP contribution in [0.25, 0.3) is 11.5 Å². The highest BCUT2D eigenvalue weighted by molar-refractivity contribution is 7.99. The van der Waals surface area contributed by atoms with Crippen molar-refractivity contribution in [2.45, 2.75) is 18.7 Å². The Bertz CT molecular complexity index is 1150. The standard InChI is InChI=1S/C18H19N5O5S/c1-10-5-3-4-6-11(10)16-21-22-18(28-16)29-9-12(24)13-14(19)23(7-8-27-2)17(26)20-15(13)25/h3-6H,7-9,19H2,1-2H3,(H,20,25,26). The van der Waals surface area contributed by atoms with Crippen LogP contribution < -0.4 is 17.0 Å². The van der Waals surface area contributed by atoms with Gasteiger partial charge in [-0.15, -0.1) is 10.2 Å². The Balaban J connectivity index is 1.77. The summed E-state index contributed by atoms with van der Waals surface area (Å²) in [4.78, 5) is 38.7. The predicted molar refractivity (Wildman–Crippen MR) is 107 cm³/mol. The van der Waals surface area contributed by atoms with E-state index in [2.05, 4.69) is 15.2 Å². The Morgan fingerprint density at radius 3 is 2.79 bits per heavy atom. The van der Waals surface area contributed by atoms with Gasteiger partial charge < -0.3 is 14.9 Å². The van der Waals surface area contributed by atoms with Gasteiger partial charge in [0.15, 0.2) is 5.78 Å². The zero-order chi connectivity index (χ0) is 21.0. The zero-order valence-electron chi connectivity index (χ0n) is 15.8. The SMILES string of the molecule is COCCn1c(N)c(C(=O)CSc2nnc(-c3ccccc3C)o2)c(=O)[nH]c1=O. The molecule has 0 aliphatic carbocycles. The third kappa shape index (κ3) is 4.46. The number of thioether (sulfide) groups is 1. The second-order valence-electron chi connectivity index (χ2n) is 6.06. The van der Waals surface area contributed by atoms with Gasteiger partial charge in [-0.25, -0.2) is 4.79 Å². The summed E-state index contributed by atoms with van der Waals surface area (Å²) in [5, 5.41) is 8.09. The molecule has 0 radical (unpaired) electrons. The number of ketones is 1. The van der Waals surface area contributed by atoms with Gasteiger partial charge in [0.2, 0.25) is 5.89 Å². The number of methoxy groups -OCH3 is 1. The van der Waals surface area contributed by atoms with Crippen LogP contribution in [0, 0.1) is 6.92 Å². The molecular weight excluding hydrogens is 398 g/mol. The van der Waals surface area contributed by atoms with Crippen molar-refractivity contribution in [3.05, 3.63) is 56.2 Å². The van der Waals surface area contributed by atoms with Crippen molar-refractivity contribution in [3.8, 4) is 11.5 Å². The van der Waals surface area contributed by atoms with Crippen LogP contribution in [-0.4, -0.2) is 45.0 Å². The molecule has 0 spiro atoms. The van der Waals surface area contributed by atoms with Gasteiger partial charge in [-0.1, -0.05) is 30.0 Å². The van der Waals surface area contributed by atoms with Crippen LogP contribution in [0.15, 0.2) is 43.5 Å². The third-order valence-corrected chi connectivity index (χ3v) is 4.96. The summed E-state index contributed by atoms with van der Waals surface area (Å²) < 4.78 is 11.6. The van der Waals surface area contributed by atoms with Crippen molar-refractivity contribution in [1.82, 2.24) is 19.7 Å². The minimum atomic E-state index is -0.835. The number of aromatic amines is 1. The van der Waals surface area contributed by atoms with Gasteiger partial charge in [-0.3, -0.25) is 19.1 Å². The molecule has 0 atom stereocenters. The molecule has 0 unspecified atom stereocenters. The van der Waals surface area contributed by atoms with Crippen molar-refractivity contribution >= 4 is 23.4 Å². The Kier molecular flexibility index (Phi) is 6.29. The molecule has 3 N–H and O–H groups in total. The largest absolute Gasteiger partial charge is 0.411 e. The zero-order valence-corrected chi connectivity index (χ0v) is 16.6. The number of hydrogen-bond acceptors (Lipinski definition) is 9. The first-order chi connectivity index (χ1) is 13.9. The molecule has 3 rings (SSSR count). The maximum atomic E-state index is 12.6. The normalized spacial score (nSPS) is 11.0. The van der Waals surface area contributed by atoms with Crippen molar-refractivity contribution in [2.24, 2.45) is 0 Å². The summed E-state index contributed by atoms with van der Waals surface area (Å²) in [6.07, 6.45) is 0. The lowest BCUT2D eigenvalue weighted by Gasteiger charge is -2.11. The molecule has 0 amide bonds. The van der Waals surface area contributed by atoms with Gasteiger partial charge in [-0.2, -0.15) is 0 Å². The van der Waals surface area contributed by atoms with Gasteiger partial charge >= 0.3 is 5.69 Å². The minimum Gasteiger partial charge on any atom is -0.411 e. The van der Waals surface area contributed by atoms with Crippen LogP contribution in [-0.2, 0) is 11.3 Å². The number of hydrogen-bond donors (Lipinski definition) is 2. The number of carbonyl (C=O) groups is 1. The summed E-state index contributed by atoms with van der Waals surface area (Å²) in [5.41, 5.74) is 5.85. The molecule has 0 bridgehead atoms. The molecule has 0 saturated heterocycles. The first kappa shape index (κ1) is 20.6. The fraction of sp³-hybridized carbons (Fsp3) is 0.278. The maximum absolute atomic E-state index is 12.6. The highest BCUT2D eigenvalue weighted by Gasteiger charge is 2.21. The summed E-state index contributed by atoms with van der Waals surface area (Å²) in [6, 6.07) is 7.53. The van der Waals surface area contributed by atoms with Crippen LogP contribution in [0.1, 0.15) is 15.9 Å². The van der Waals surface area contributed by atoms with Crippen molar-refractivity contribution in [3.63, 3.8) is 0 Å². The molecule has 2 heterocycles. The Hall–Kier alpha value is -3.18. The number of carbonyl (C=O) groups excluding carboxylic acids is 1. The molecule has 1 aromatic carbocycles. The fourth-order valence-corrected chi connectivity index (χ4v) is 3.29. The van der Waals surface area contributed by atoms with Crippen LogP contribution in [0.3, 0.4) is 0 Å². The topological polar surface area (TPSA) is 146 Å². The van der Waals surface area contributed by atoms with Crippen molar-refractivity contribution in [1.29, 1.82) is 0 Å².